The summed E-state index contributed by atoms with van der Waals surface area (Å²) in [6.45, 7) is 11.2. The Hall–Kier alpha value is -1.59. The lowest BCUT2D eigenvalue weighted by Crippen LogP contribution is -2.30. The van der Waals surface area contributed by atoms with E-state index in [0.717, 1.165) is 69.6 Å². The minimum atomic E-state index is -0.760. The van der Waals surface area contributed by atoms with Crippen LogP contribution in [0.5, 0.6) is 0 Å². The Morgan fingerprint density at radius 2 is 0.660 bits per heavy atom. The zero-order chi connectivity index (χ0) is 36.9. The second-order valence-electron chi connectivity index (χ2n) is 15.9. The molecular formula is C44H84O6. The summed E-state index contributed by atoms with van der Waals surface area (Å²) in [4.78, 5) is 37.5. The standard InChI is InChI=1S/C44H84O6/c1-6-7-8-9-10-11-12-13-14-15-18-24-29-34-42(45)48-37-41(50-44(47)36-31-26-21-20-23-28-33-40(4)5)38-49-43(46)35-30-25-19-16-17-22-27-32-39(2)3/h39-41H,6-38H2,1-5H3/t41-/m0/s1. The second-order valence-corrected chi connectivity index (χ2v) is 15.9. The van der Waals surface area contributed by atoms with E-state index < -0.39 is 6.10 Å². The van der Waals surface area contributed by atoms with Gasteiger partial charge in [0, 0.05) is 19.3 Å². The van der Waals surface area contributed by atoms with Gasteiger partial charge in [-0.25, -0.2) is 0 Å². The van der Waals surface area contributed by atoms with Crippen LogP contribution in [0.1, 0.15) is 234 Å². The highest BCUT2D eigenvalue weighted by Gasteiger charge is 2.19. The van der Waals surface area contributed by atoms with Crippen molar-refractivity contribution in [3.05, 3.63) is 0 Å². The third kappa shape index (κ3) is 37.7. The van der Waals surface area contributed by atoms with E-state index in [1.807, 2.05) is 0 Å². The monoisotopic (exact) mass is 709 g/mol. The van der Waals surface area contributed by atoms with Crippen LogP contribution in [0.25, 0.3) is 0 Å². The highest BCUT2D eigenvalue weighted by Crippen LogP contribution is 2.16. The van der Waals surface area contributed by atoms with Gasteiger partial charge in [0.1, 0.15) is 13.2 Å². The lowest BCUT2D eigenvalue weighted by Gasteiger charge is -2.18. The van der Waals surface area contributed by atoms with Crippen LogP contribution < -0.4 is 0 Å². The first kappa shape index (κ1) is 48.4. The average molecular weight is 709 g/mol. The van der Waals surface area contributed by atoms with Gasteiger partial charge in [0.2, 0.25) is 0 Å². The normalized spacial score (nSPS) is 12.1. The first-order valence-electron chi connectivity index (χ1n) is 21.7. The summed E-state index contributed by atoms with van der Waals surface area (Å²) in [7, 11) is 0. The summed E-state index contributed by atoms with van der Waals surface area (Å²) in [5, 5.41) is 0. The fraction of sp³-hybridized carbons (Fsp3) is 0.932. The van der Waals surface area contributed by atoms with E-state index in [2.05, 4.69) is 34.6 Å². The molecule has 0 aliphatic carbocycles. The Labute approximate surface area is 310 Å². The number of esters is 3. The molecule has 0 amide bonds. The van der Waals surface area contributed by atoms with Crippen LogP contribution in [0.3, 0.4) is 0 Å². The minimum Gasteiger partial charge on any atom is -0.462 e. The molecule has 0 aliphatic heterocycles. The van der Waals surface area contributed by atoms with Gasteiger partial charge in [-0.2, -0.15) is 0 Å². The predicted molar refractivity (Wildman–Crippen MR) is 210 cm³/mol. The maximum Gasteiger partial charge on any atom is 0.306 e. The van der Waals surface area contributed by atoms with E-state index in [0.29, 0.717) is 19.3 Å². The molecule has 0 aliphatic rings. The Kier molecular flexibility index (Phi) is 36.0. The summed E-state index contributed by atoms with van der Waals surface area (Å²) >= 11 is 0. The molecule has 0 radical (unpaired) electrons. The summed E-state index contributed by atoms with van der Waals surface area (Å²) in [5.74, 6) is 0.673. The summed E-state index contributed by atoms with van der Waals surface area (Å²) < 4.78 is 16.6. The highest BCUT2D eigenvalue weighted by atomic mass is 16.6. The maximum absolute atomic E-state index is 12.6. The van der Waals surface area contributed by atoms with E-state index in [1.165, 1.54) is 122 Å². The summed E-state index contributed by atoms with van der Waals surface area (Å²) in [6, 6.07) is 0. The molecule has 0 saturated carbocycles. The molecule has 0 bridgehead atoms. The van der Waals surface area contributed by atoms with Crippen LogP contribution in [-0.2, 0) is 28.6 Å². The molecule has 0 N–H and O–H groups in total. The molecule has 0 unspecified atom stereocenters. The van der Waals surface area contributed by atoms with Crippen LogP contribution >= 0.6 is 0 Å². The molecule has 0 aromatic heterocycles. The van der Waals surface area contributed by atoms with E-state index in [4.69, 9.17) is 14.2 Å². The molecule has 0 fully saturated rings. The van der Waals surface area contributed by atoms with E-state index >= 15 is 0 Å². The fourth-order valence-corrected chi connectivity index (χ4v) is 6.40. The van der Waals surface area contributed by atoms with Crippen molar-refractivity contribution in [3.63, 3.8) is 0 Å². The van der Waals surface area contributed by atoms with Gasteiger partial charge in [0.05, 0.1) is 0 Å². The molecular weight excluding hydrogens is 624 g/mol. The van der Waals surface area contributed by atoms with E-state index in [1.54, 1.807) is 0 Å². The SMILES string of the molecule is CCCCCCCCCCCCCCCC(=O)OC[C@@H](COC(=O)CCCCCCCCCC(C)C)OC(=O)CCCCCCCCC(C)C. The Bertz CT molecular complexity index is 764. The Morgan fingerprint density at radius 1 is 0.380 bits per heavy atom. The quantitative estimate of drug-likeness (QED) is 0.0361. The van der Waals surface area contributed by atoms with Crippen LogP contribution in [0.15, 0.2) is 0 Å². The van der Waals surface area contributed by atoms with E-state index in [9.17, 15) is 14.4 Å². The van der Waals surface area contributed by atoms with E-state index in [-0.39, 0.29) is 31.1 Å². The third-order valence-electron chi connectivity index (χ3n) is 9.72. The zero-order valence-electron chi connectivity index (χ0n) is 34.0. The van der Waals surface area contributed by atoms with Crippen molar-refractivity contribution in [1.29, 1.82) is 0 Å². The largest absolute Gasteiger partial charge is 0.462 e. The average Bonchev–Trinajstić information content (AvgIpc) is 3.08. The van der Waals surface area contributed by atoms with Crippen LogP contribution in [0, 0.1) is 11.8 Å². The van der Waals surface area contributed by atoms with Gasteiger partial charge >= 0.3 is 17.9 Å². The molecule has 0 spiro atoms. The highest BCUT2D eigenvalue weighted by molar-refractivity contribution is 5.71. The van der Waals surface area contributed by atoms with Gasteiger partial charge in [-0.05, 0) is 31.1 Å². The number of ether oxygens (including phenoxy) is 3. The number of carbonyl (C=O) groups is 3. The third-order valence-corrected chi connectivity index (χ3v) is 9.72. The molecule has 6 heteroatoms. The van der Waals surface area contributed by atoms with Crippen molar-refractivity contribution in [2.75, 3.05) is 13.2 Å². The van der Waals surface area contributed by atoms with Crippen molar-refractivity contribution in [2.24, 2.45) is 11.8 Å². The summed E-state index contributed by atoms with van der Waals surface area (Å²) in [5.41, 5.74) is 0. The molecule has 0 aromatic rings. The fourth-order valence-electron chi connectivity index (χ4n) is 6.40. The number of hydrogen-bond acceptors (Lipinski definition) is 6. The van der Waals surface area contributed by atoms with Crippen molar-refractivity contribution in [1.82, 2.24) is 0 Å². The molecule has 0 heterocycles. The molecule has 0 saturated heterocycles. The minimum absolute atomic E-state index is 0.0665. The maximum atomic E-state index is 12.6. The number of unbranched alkanes of at least 4 members (excludes halogenated alkanes) is 23. The van der Waals surface area contributed by atoms with Gasteiger partial charge in [-0.3, -0.25) is 14.4 Å². The van der Waals surface area contributed by atoms with Crippen molar-refractivity contribution < 1.29 is 28.6 Å². The Morgan fingerprint density at radius 3 is 0.980 bits per heavy atom. The second kappa shape index (κ2) is 37.2. The molecule has 50 heavy (non-hydrogen) atoms. The van der Waals surface area contributed by atoms with Gasteiger partial charge in [0.15, 0.2) is 6.10 Å². The van der Waals surface area contributed by atoms with Gasteiger partial charge in [0.25, 0.3) is 0 Å². The summed E-state index contributed by atoms with van der Waals surface area (Å²) in [6.07, 6.45) is 33.9. The number of rotatable bonds is 38. The van der Waals surface area contributed by atoms with Gasteiger partial charge in [-0.1, -0.05) is 195 Å². The lowest BCUT2D eigenvalue weighted by atomic mass is 10.0. The smallest absolute Gasteiger partial charge is 0.306 e. The van der Waals surface area contributed by atoms with Gasteiger partial charge in [-0.15, -0.1) is 0 Å². The van der Waals surface area contributed by atoms with Crippen LogP contribution in [0.2, 0.25) is 0 Å². The van der Waals surface area contributed by atoms with Crippen LogP contribution in [-0.4, -0.2) is 37.2 Å². The van der Waals surface area contributed by atoms with Gasteiger partial charge < -0.3 is 14.2 Å². The first-order valence-corrected chi connectivity index (χ1v) is 21.7. The molecule has 0 rings (SSSR count). The number of carbonyl (C=O) groups excluding carboxylic acids is 3. The van der Waals surface area contributed by atoms with Crippen molar-refractivity contribution in [2.45, 2.75) is 240 Å². The first-order chi connectivity index (χ1) is 24.2. The molecule has 296 valence electrons. The Balaban J connectivity index is 4.32. The topological polar surface area (TPSA) is 78.9 Å². The van der Waals surface area contributed by atoms with Crippen LogP contribution in [0.4, 0.5) is 0 Å². The number of hydrogen-bond donors (Lipinski definition) is 0. The van der Waals surface area contributed by atoms with Crippen molar-refractivity contribution in [3.8, 4) is 0 Å². The zero-order valence-corrected chi connectivity index (χ0v) is 34.0. The molecule has 1 atom stereocenters. The van der Waals surface area contributed by atoms with Crippen molar-refractivity contribution >= 4 is 17.9 Å². The molecule has 6 nitrogen and oxygen atoms in total. The molecule has 0 aromatic carbocycles. The lowest BCUT2D eigenvalue weighted by molar-refractivity contribution is -0.167. The predicted octanol–water partition coefficient (Wildman–Crippen LogP) is 13.4.